The Balaban J connectivity index is 0.920. The van der Waals surface area contributed by atoms with Crippen molar-refractivity contribution in [2.75, 3.05) is 0 Å². The van der Waals surface area contributed by atoms with Crippen molar-refractivity contribution in [2.45, 2.75) is 5.41 Å². The van der Waals surface area contributed by atoms with Gasteiger partial charge in [0.25, 0.3) is 0 Å². The van der Waals surface area contributed by atoms with Crippen molar-refractivity contribution in [3.63, 3.8) is 0 Å². The standard InChI is InChI=1S/C61H36O2/c1-3-13-41(14-4-1)61(42-15-5-2-6-16-42)55-21-11-9-19-47(55)48-29-25-40(34-56(48)61)38-24-28-46-45-27-23-37(31-50(45)43-17-7-8-18-44(43)51(46)32-38)39-26-30-58-52(33-39)54-36-59-53(35-60(54)63-58)49-20-10-12-22-57(49)62-59/h1-36H. The SMILES string of the molecule is c1ccc(C2(c3ccccc3)c3ccccc3-c3ccc(-c4ccc5c6ccc(-c7ccc8oc9cc%10c(cc9c8c7)oc7ccccc7%10)cc6c6ccccc6c5c4)cc32)cc1. The maximum atomic E-state index is 6.43. The van der Waals surface area contributed by atoms with Crippen molar-refractivity contribution < 1.29 is 8.83 Å². The van der Waals surface area contributed by atoms with Gasteiger partial charge in [-0.1, -0.05) is 170 Å². The Hall–Kier alpha value is -8.20. The molecule has 0 fully saturated rings. The van der Waals surface area contributed by atoms with E-state index in [9.17, 15) is 0 Å². The Bertz CT molecular complexity index is 3960. The van der Waals surface area contributed by atoms with E-state index < -0.39 is 5.41 Å². The number of furan rings is 2. The Morgan fingerprint density at radius 3 is 1.32 bits per heavy atom. The molecule has 2 aromatic heterocycles. The third kappa shape index (κ3) is 4.83. The first kappa shape index (κ1) is 34.5. The molecule has 0 unspecified atom stereocenters. The van der Waals surface area contributed by atoms with Crippen LogP contribution >= 0.6 is 0 Å². The smallest absolute Gasteiger partial charge is 0.136 e. The average Bonchev–Trinajstić information content (AvgIpc) is 4.00. The van der Waals surface area contributed by atoms with Crippen LogP contribution in [0.1, 0.15) is 22.3 Å². The Morgan fingerprint density at radius 1 is 0.238 bits per heavy atom. The molecule has 2 nitrogen and oxygen atoms in total. The molecule has 0 bridgehead atoms. The minimum atomic E-state index is -0.446. The molecule has 0 saturated heterocycles. The number of benzene rings is 11. The molecule has 2 heteroatoms. The molecule has 0 N–H and O–H groups in total. The monoisotopic (exact) mass is 800 g/mol. The second-order valence-electron chi connectivity index (χ2n) is 17.1. The summed E-state index contributed by atoms with van der Waals surface area (Å²) in [7, 11) is 0. The van der Waals surface area contributed by atoms with Gasteiger partial charge in [0, 0.05) is 21.5 Å². The van der Waals surface area contributed by atoms with Crippen LogP contribution in [-0.4, -0.2) is 0 Å². The zero-order chi connectivity index (χ0) is 41.2. The van der Waals surface area contributed by atoms with Gasteiger partial charge in [-0.05, 0) is 136 Å². The highest BCUT2D eigenvalue weighted by atomic mass is 16.3. The van der Waals surface area contributed by atoms with Crippen LogP contribution in [0.3, 0.4) is 0 Å². The number of hydrogen-bond donors (Lipinski definition) is 0. The molecule has 0 spiro atoms. The fourth-order valence-corrected chi connectivity index (χ4v) is 11.1. The predicted molar refractivity (Wildman–Crippen MR) is 262 cm³/mol. The molecule has 63 heavy (non-hydrogen) atoms. The van der Waals surface area contributed by atoms with Gasteiger partial charge in [0.15, 0.2) is 0 Å². The molecule has 11 aromatic carbocycles. The predicted octanol–water partition coefficient (Wildman–Crippen LogP) is 16.6. The van der Waals surface area contributed by atoms with Crippen molar-refractivity contribution in [3.05, 3.63) is 241 Å². The highest BCUT2D eigenvalue weighted by Gasteiger charge is 2.46. The van der Waals surface area contributed by atoms with Crippen molar-refractivity contribution >= 4 is 76.2 Å². The quantitative estimate of drug-likeness (QED) is 0.166. The Morgan fingerprint density at radius 2 is 0.667 bits per heavy atom. The van der Waals surface area contributed by atoms with E-state index in [4.69, 9.17) is 8.83 Å². The van der Waals surface area contributed by atoms with Crippen LogP contribution in [0.15, 0.2) is 227 Å². The summed E-state index contributed by atoms with van der Waals surface area (Å²) in [6.45, 7) is 0. The molecule has 0 saturated carbocycles. The first-order valence-electron chi connectivity index (χ1n) is 21.7. The normalized spacial score (nSPS) is 13.2. The number of rotatable bonds is 4. The Kier molecular flexibility index (Phi) is 7.07. The van der Waals surface area contributed by atoms with Crippen molar-refractivity contribution in [2.24, 2.45) is 0 Å². The second-order valence-corrected chi connectivity index (χ2v) is 17.1. The maximum absolute atomic E-state index is 6.43. The molecule has 1 aliphatic rings. The summed E-state index contributed by atoms with van der Waals surface area (Å²) < 4.78 is 12.7. The minimum absolute atomic E-state index is 0.446. The summed E-state index contributed by atoms with van der Waals surface area (Å²) in [4.78, 5) is 0. The summed E-state index contributed by atoms with van der Waals surface area (Å²) in [6.07, 6.45) is 0. The zero-order valence-corrected chi connectivity index (χ0v) is 34.1. The number of hydrogen-bond acceptors (Lipinski definition) is 2. The molecule has 292 valence electrons. The molecule has 14 rings (SSSR count). The zero-order valence-electron chi connectivity index (χ0n) is 34.1. The van der Waals surface area contributed by atoms with Crippen molar-refractivity contribution in [3.8, 4) is 33.4 Å². The van der Waals surface area contributed by atoms with Gasteiger partial charge in [-0.3, -0.25) is 0 Å². The van der Waals surface area contributed by atoms with Crippen molar-refractivity contribution in [1.29, 1.82) is 0 Å². The van der Waals surface area contributed by atoms with Gasteiger partial charge in [-0.15, -0.1) is 0 Å². The fourth-order valence-electron chi connectivity index (χ4n) is 11.1. The Labute approximate surface area is 362 Å². The van der Waals surface area contributed by atoms with E-state index in [-0.39, 0.29) is 0 Å². The van der Waals surface area contributed by atoms with Crippen LogP contribution in [0.25, 0.3) is 110 Å². The molecule has 0 aliphatic heterocycles. The van der Waals surface area contributed by atoms with Crippen LogP contribution in [-0.2, 0) is 5.41 Å². The highest BCUT2D eigenvalue weighted by Crippen LogP contribution is 2.57. The number of fused-ring (bicyclic) bond motifs is 15. The van der Waals surface area contributed by atoms with E-state index >= 15 is 0 Å². The molecular formula is C61H36O2. The average molecular weight is 801 g/mol. The molecule has 1 aliphatic carbocycles. The van der Waals surface area contributed by atoms with Gasteiger partial charge in [0.05, 0.1) is 5.41 Å². The summed E-state index contributed by atoms with van der Waals surface area (Å²) in [5, 5.41) is 11.8. The van der Waals surface area contributed by atoms with Gasteiger partial charge in [-0.2, -0.15) is 0 Å². The van der Waals surface area contributed by atoms with Crippen LogP contribution in [0, 0.1) is 0 Å². The lowest BCUT2D eigenvalue weighted by molar-refractivity contribution is 0.664. The van der Waals surface area contributed by atoms with E-state index in [1.165, 1.54) is 82.4 Å². The first-order chi connectivity index (χ1) is 31.2. The van der Waals surface area contributed by atoms with Gasteiger partial charge in [0.2, 0.25) is 0 Å². The lowest BCUT2D eigenvalue weighted by atomic mass is 9.67. The molecule has 0 radical (unpaired) electrons. The van der Waals surface area contributed by atoms with E-state index in [1.807, 2.05) is 12.1 Å². The molecule has 13 aromatic rings. The molecule has 0 amide bonds. The van der Waals surface area contributed by atoms with Crippen LogP contribution in [0.4, 0.5) is 0 Å². The summed E-state index contributed by atoms with van der Waals surface area (Å²) in [5.41, 5.74) is 15.6. The van der Waals surface area contributed by atoms with Gasteiger partial charge < -0.3 is 8.83 Å². The van der Waals surface area contributed by atoms with Gasteiger partial charge in [0.1, 0.15) is 22.3 Å². The van der Waals surface area contributed by atoms with Crippen molar-refractivity contribution in [1.82, 2.24) is 0 Å². The van der Waals surface area contributed by atoms with Gasteiger partial charge >= 0.3 is 0 Å². The van der Waals surface area contributed by atoms with Gasteiger partial charge in [-0.25, -0.2) is 0 Å². The van der Waals surface area contributed by atoms with E-state index in [2.05, 4.69) is 206 Å². The lowest BCUT2D eigenvalue weighted by Crippen LogP contribution is -2.28. The molecule has 2 heterocycles. The number of para-hydroxylation sites is 1. The maximum Gasteiger partial charge on any atom is 0.136 e. The summed E-state index contributed by atoms with van der Waals surface area (Å²) in [5.74, 6) is 0. The third-order valence-corrected chi connectivity index (χ3v) is 13.9. The van der Waals surface area contributed by atoms with Crippen LogP contribution in [0.2, 0.25) is 0 Å². The molecule has 0 atom stereocenters. The third-order valence-electron chi connectivity index (χ3n) is 13.9. The van der Waals surface area contributed by atoms with E-state index in [0.717, 1.165) is 49.4 Å². The first-order valence-corrected chi connectivity index (χ1v) is 21.7. The van der Waals surface area contributed by atoms with Crippen LogP contribution < -0.4 is 0 Å². The summed E-state index contributed by atoms with van der Waals surface area (Å²) >= 11 is 0. The molecular weight excluding hydrogens is 765 g/mol. The second kappa shape index (κ2) is 12.9. The van der Waals surface area contributed by atoms with Crippen LogP contribution in [0.5, 0.6) is 0 Å². The lowest BCUT2D eigenvalue weighted by Gasteiger charge is -2.34. The van der Waals surface area contributed by atoms with E-state index in [1.54, 1.807) is 0 Å². The minimum Gasteiger partial charge on any atom is -0.456 e. The largest absolute Gasteiger partial charge is 0.456 e. The topological polar surface area (TPSA) is 26.3 Å². The van der Waals surface area contributed by atoms with E-state index in [0.29, 0.717) is 0 Å². The summed E-state index contributed by atoms with van der Waals surface area (Å²) in [6, 6.07) is 80.1. The fraction of sp³-hybridized carbons (Fsp3) is 0.0164. The highest BCUT2D eigenvalue weighted by molar-refractivity contribution is 6.26.